The third-order valence-electron chi connectivity index (χ3n) is 3.16. The smallest absolute Gasteiger partial charge is 0.328 e. The third kappa shape index (κ3) is 4.03. The van der Waals surface area contributed by atoms with Crippen LogP contribution in [0.4, 0.5) is 5.69 Å². The van der Waals surface area contributed by atoms with Gasteiger partial charge in [0.25, 0.3) is 0 Å². The van der Waals surface area contributed by atoms with Crippen LogP contribution in [0.3, 0.4) is 0 Å². The summed E-state index contributed by atoms with van der Waals surface area (Å²) in [6.07, 6.45) is 2.86. The largest absolute Gasteiger partial charge is 0.478 e. The summed E-state index contributed by atoms with van der Waals surface area (Å²) >= 11 is 5.48. The van der Waals surface area contributed by atoms with Crippen molar-refractivity contribution in [1.29, 1.82) is 0 Å². The molecule has 0 bridgehead atoms. The Balaban J connectivity index is 2.33. The molecule has 1 aromatic carbocycles. The van der Waals surface area contributed by atoms with E-state index in [9.17, 15) is 4.79 Å². The maximum absolute atomic E-state index is 10.7. The monoisotopic (exact) mass is 355 g/mol. The van der Waals surface area contributed by atoms with Crippen LogP contribution >= 0.6 is 27.7 Å². The molecule has 3 nitrogen and oxygen atoms in total. The van der Waals surface area contributed by atoms with Crippen LogP contribution in [0.1, 0.15) is 19.4 Å². The van der Waals surface area contributed by atoms with Crippen molar-refractivity contribution >= 4 is 45.4 Å². The van der Waals surface area contributed by atoms with E-state index in [2.05, 4.69) is 40.7 Å². The molecule has 0 aliphatic carbocycles. The Morgan fingerprint density at radius 1 is 1.50 bits per heavy atom. The van der Waals surface area contributed by atoms with E-state index in [0.29, 0.717) is 0 Å². The highest BCUT2D eigenvalue weighted by molar-refractivity contribution is 9.10. The maximum Gasteiger partial charge on any atom is 0.328 e. The summed E-state index contributed by atoms with van der Waals surface area (Å²) in [6, 6.07) is 5.95. The van der Waals surface area contributed by atoms with Gasteiger partial charge in [0.05, 0.1) is 0 Å². The molecule has 0 unspecified atom stereocenters. The molecule has 0 amide bonds. The molecule has 1 heterocycles. The Labute approximate surface area is 132 Å². The lowest BCUT2D eigenvalue weighted by atomic mass is 10.1. The molecule has 1 fully saturated rings. The van der Waals surface area contributed by atoms with Gasteiger partial charge >= 0.3 is 5.97 Å². The standard InChI is InChI=1S/C15H18BrNO2S/c1-15(2)10-17(7-8-20-15)13-9-12(16)5-3-11(13)4-6-14(18)19/h3-6,9H,7-8,10H2,1-2H3,(H,18,19)/b6-4+. The highest BCUT2D eigenvalue weighted by atomic mass is 79.9. The number of carbonyl (C=O) groups is 1. The van der Waals surface area contributed by atoms with Crippen LogP contribution in [0.2, 0.25) is 0 Å². The van der Waals surface area contributed by atoms with Crippen molar-refractivity contribution < 1.29 is 9.90 Å². The van der Waals surface area contributed by atoms with Crippen molar-refractivity contribution in [2.45, 2.75) is 18.6 Å². The number of nitrogens with zero attached hydrogens (tertiary/aromatic N) is 1. The predicted molar refractivity (Wildman–Crippen MR) is 89.6 cm³/mol. The van der Waals surface area contributed by atoms with Crippen LogP contribution < -0.4 is 4.90 Å². The number of thioether (sulfide) groups is 1. The van der Waals surface area contributed by atoms with Gasteiger partial charge in [-0.2, -0.15) is 11.8 Å². The Bertz CT molecular complexity index is 543. The third-order valence-corrected chi connectivity index (χ3v) is 4.95. The van der Waals surface area contributed by atoms with Crippen LogP contribution in [0.5, 0.6) is 0 Å². The summed E-state index contributed by atoms with van der Waals surface area (Å²) in [7, 11) is 0. The first-order chi connectivity index (χ1) is 9.37. The SMILES string of the molecule is CC1(C)CN(c2cc(Br)ccc2/C=C/C(=O)O)CCS1. The molecule has 1 aliphatic heterocycles. The van der Waals surface area contributed by atoms with Gasteiger partial charge in [-0.05, 0) is 37.6 Å². The number of aliphatic carboxylic acids is 1. The minimum absolute atomic E-state index is 0.217. The van der Waals surface area contributed by atoms with Gasteiger partial charge in [-0.1, -0.05) is 22.0 Å². The van der Waals surface area contributed by atoms with E-state index >= 15 is 0 Å². The molecule has 1 aliphatic rings. The molecular formula is C15H18BrNO2S. The van der Waals surface area contributed by atoms with Gasteiger partial charge in [-0.3, -0.25) is 0 Å². The number of anilines is 1. The number of rotatable bonds is 3. The first-order valence-electron chi connectivity index (χ1n) is 6.47. The fourth-order valence-corrected chi connectivity index (χ4v) is 3.78. The second-order valence-electron chi connectivity index (χ2n) is 5.40. The summed E-state index contributed by atoms with van der Waals surface area (Å²) in [4.78, 5) is 13.1. The van der Waals surface area contributed by atoms with Crippen molar-refractivity contribution in [2.24, 2.45) is 0 Å². The lowest BCUT2D eigenvalue weighted by molar-refractivity contribution is -0.131. The molecule has 1 saturated heterocycles. The summed E-state index contributed by atoms with van der Waals surface area (Å²) in [5.74, 6) is 0.162. The van der Waals surface area contributed by atoms with E-state index in [4.69, 9.17) is 5.11 Å². The quantitative estimate of drug-likeness (QED) is 0.835. The van der Waals surface area contributed by atoms with Crippen molar-refractivity contribution in [2.75, 3.05) is 23.7 Å². The average Bonchev–Trinajstić information content (AvgIpc) is 2.36. The fraction of sp³-hybridized carbons (Fsp3) is 0.400. The zero-order valence-electron chi connectivity index (χ0n) is 11.6. The summed E-state index contributed by atoms with van der Waals surface area (Å²) in [5, 5.41) is 8.80. The Morgan fingerprint density at radius 2 is 2.25 bits per heavy atom. The Hall–Kier alpha value is -0.940. The number of halogens is 1. The van der Waals surface area contributed by atoms with E-state index in [-0.39, 0.29) is 4.75 Å². The Morgan fingerprint density at radius 3 is 2.90 bits per heavy atom. The topological polar surface area (TPSA) is 40.5 Å². The van der Waals surface area contributed by atoms with Crippen LogP contribution in [0.25, 0.3) is 6.08 Å². The van der Waals surface area contributed by atoms with Gasteiger partial charge in [-0.25, -0.2) is 4.79 Å². The molecule has 2 rings (SSSR count). The van der Waals surface area contributed by atoms with Crippen LogP contribution in [0.15, 0.2) is 28.7 Å². The molecule has 108 valence electrons. The molecule has 0 spiro atoms. The summed E-state index contributed by atoms with van der Waals surface area (Å²) in [6.45, 7) is 6.43. The van der Waals surface area contributed by atoms with E-state index in [1.54, 1.807) is 6.08 Å². The molecular weight excluding hydrogens is 338 g/mol. The van der Waals surface area contributed by atoms with Gasteiger partial charge in [0, 0.05) is 39.8 Å². The fourth-order valence-electron chi connectivity index (χ4n) is 2.31. The minimum Gasteiger partial charge on any atom is -0.478 e. The van der Waals surface area contributed by atoms with Crippen molar-refractivity contribution in [1.82, 2.24) is 0 Å². The van der Waals surface area contributed by atoms with Crippen molar-refractivity contribution in [3.63, 3.8) is 0 Å². The van der Waals surface area contributed by atoms with Gasteiger partial charge < -0.3 is 10.0 Å². The van der Waals surface area contributed by atoms with E-state index in [1.165, 1.54) is 6.08 Å². The first kappa shape index (κ1) is 15.4. The van der Waals surface area contributed by atoms with Gasteiger partial charge in [-0.15, -0.1) is 0 Å². The molecule has 1 aromatic rings. The summed E-state index contributed by atoms with van der Waals surface area (Å²) < 4.78 is 1.23. The summed E-state index contributed by atoms with van der Waals surface area (Å²) in [5.41, 5.74) is 2.03. The number of benzene rings is 1. The van der Waals surface area contributed by atoms with Crippen LogP contribution in [-0.4, -0.2) is 34.7 Å². The van der Waals surface area contributed by atoms with E-state index in [1.807, 2.05) is 23.9 Å². The zero-order chi connectivity index (χ0) is 14.8. The van der Waals surface area contributed by atoms with Crippen LogP contribution in [-0.2, 0) is 4.79 Å². The second kappa shape index (κ2) is 6.22. The molecule has 20 heavy (non-hydrogen) atoms. The lowest BCUT2D eigenvalue weighted by Crippen LogP contribution is -2.43. The minimum atomic E-state index is -0.923. The van der Waals surface area contributed by atoms with Gasteiger partial charge in [0.2, 0.25) is 0 Å². The van der Waals surface area contributed by atoms with Gasteiger partial charge in [0.1, 0.15) is 0 Å². The van der Waals surface area contributed by atoms with Crippen LogP contribution in [0, 0.1) is 0 Å². The van der Waals surface area contributed by atoms with Gasteiger partial charge in [0.15, 0.2) is 0 Å². The average molecular weight is 356 g/mol. The molecule has 1 N–H and O–H groups in total. The lowest BCUT2D eigenvalue weighted by Gasteiger charge is -2.39. The van der Waals surface area contributed by atoms with Crippen molar-refractivity contribution in [3.05, 3.63) is 34.3 Å². The number of carboxylic acid groups (broad SMARTS) is 1. The van der Waals surface area contributed by atoms with E-state index in [0.717, 1.165) is 34.6 Å². The molecule has 0 atom stereocenters. The number of hydrogen-bond donors (Lipinski definition) is 1. The normalized spacial score (nSPS) is 18.4. The highest BCUT2D eigenvalue weighted by Crippen LogP contribution is 2.35. The Kier molecular flexibility index (Phi) is 4.81. The molecule has 0 saturated carbocycles. The molecule has 0 aromatic heterocycles. The highest BCUT2D eigenvalue weighted by Gasteiger charge is 2.27. The maximum atomic E-state index is 10.7. The predicted octanol–water partition coefficient (Wildman–Crippen LogP) is 3.88. The molecule has 0 radical (unpaired) electrons. The first-order valence-corrected chi connectivity index (χ1v) is 8.25. The molecule has 5 heteroatoms. The van der Waals surface area contributed by atoms with Crippen molar-refractivity contribution in [3.8, 4) is 0 Å². The zero-order valence-corrected chi connectivity index (χ0v) is 14.0. The van der Waals surface area contributed by atoms with E-state index < -0.39 is 5.97 Å². The second-order valence-corrected chi connectivity index (χ2v) is 8.12. The number of carboxylic acids is 1. The number of hydrogen-bond acceptors (Lipinski definition) is 3.